The Balaban J connectivity index is 1.42. The summed E-state index contributed by atoms with van der Waals surface area (Å²) < 4.78 is 41.2. The Morgan fingerprint density at radius 2 is 1.95 bits per heavy atom. The summed E-state index contributed by atoms with van der Waals surface area (Å²) in [5, 5.41) is 9.17. The quantitative estimate of drug-likeness (QED) is 0.330. The van der Waals surface area contributed by atoms with E-state index in [2.05, 4.69) is 10.2 Å². The van der Waals surface area contributed by atoms with Gasteiger partial charge in [-0.15, -0.1) is 10.2 Å². The van der Waals surface area contributed by atoms with E-state index in [4.69, 9.17) is 9.47 Å². The van der Waals surface area contributed by atoms with E-state index in [0.717, 1.165) is 23.0 Å². The molecule has 4 heterocycles. The van der Waals surface area contributed by atoms with Gasteiger partial charge in [0.05, 0.1) is 17.7 Å². The molecule has 0 N–H and O–H groups in total. The lowest BCUT2D eigenvalue weighted by molar-refractivity contribution is 0.0258. The van der Waals surface area contributed by atoms with E-state index in [1.54, 1.807) is 15.7 Å². The second-order valence-corrected chi connectivity index (χ2v) is 11.0. The van der Waals surface area contributed by atoms with Crippen LogP contribution in [0.4, 0.5) is 8.78 Å². The summed E-state index contributed by atoms with van der Waals surface area (Å²) in [7, 11) is 0. The number of hydrogen-bond acceptors (Lipinski definition) is 7. The van der Waals surface area contributed by atoms with E-state index in [-0.39, 0.29) is 41.5 Å². The minimum atomic E-state index is -0.676. The van der Waals surface area contributed by atoms with Gasteiger partial charge in [-0.05, 0) is 30.5 Å². The van der Waals surface area contributed by atoms with Crippen molar-refractivity contribution in [1.82, 2.24) is 19.7 Å². The van der Waals surface area contributed by atoms with Crippen molar-refractivity contribution in [3.8, 4) is 16.3 Å². The summed E-state index contributed by atoms with van der Waals surface area (Å²) in [6.07, 6.45) is 2.42. The van der Waals surface area contributed by atoms with Gasteiger partial charge in [0.15, 0.2) is 16.5 Å². The number of nitrogens with zero attached hydrogens (tertiary/aromatic N) is 4. The minimum Gasteiger partial charge on any atom is -0.483 e. The normalized spacial score (nSPS) is 18.4. The Bertz CT molecular complexity index is 1630. The molecule has 1 unspecified atom stereocenters. The molecule has 1 spiro atoms. The monoisotopic (exact) mass is 564 g/mol. The van der Waals surface area contributed by atoms with Crippen molar-refractivity contribution in [3.63, 3.8) is 0 Å². The third-order valence-electron chi connectivity index (χ3n) is 7.40. The lowest BCUT2D eigenvalue weighted by atomic mass is 9.92. The molecule has 40 heavy (non-hydrogen) atoms. The second kappa shape index (κ2) is 10.5. The van der Waals surface area contributed by atoms with Crippen molar-refractivity contribution in [3.05, 3.63) is 98.4 Å². The van der Waals surface area contributed by atoms with E-state index >= 15 is 0 Å². The molecule has 2 aliphatic heterocycles. The zero-order valence-electron chi connectivity index (χ0n) is 21.7. The van der Waals surface area contributed by atoms with Crippen molar-refractivity contribution in [2.75, 3.05) is 19.8 Å². The van der Waals surface area contributed by atoms with Crippen LogP contribution in [0.25, 0.3) is 10.6 Å². The van der Waals surface area contributed by atoms with Crippen LogP contribution >= 0.6 is 11.3 Å². The third kappa shape index (κ3) is 4.69. The molecule has 1 atom stereocenters. The molecule has 1 amide bonds. The van der Waals surface area contributed by atoms with E-state index in [1.165, 1.54) is 12.1 Å². The number of amides is 1. The molecule has 4 aromatic rings. The number of halogens is 2. The Kier molecular flexibility index (Phi) is 6.93. The van der Waals surface area contributed by atoms with Gasteiger partial charge in [-0.25, -0.2) is 8.78 Å². The van der Waals surface area contributed by atoms with Crippen LogP contribution in [-0.2, 0) is 24.3 Å². The topological polar surface area (TPSA) is 86.5 Å². The molecule has 0 saturated carbocycles. The van der Waals surface area contributed by atoms with Crippen molar-refractivity contribution in [1.29, 1.82) is 0 Å². The fourth-order valence-electron chi connectivity index (χ4n) is 5.42. The smallest absolute Gasteiger partial charge is 0.275 e. The van der Waals surface area contributed by atoms with Gasteiger partial charge < -0.3 is 18.9 Å². The maximum absolute atomic E-state index is 14.2. The van der Waals surface area contributed by atoms with Crippen LogP contribution in [-0.4, -0.2) is 50.9 Å². The summed E-state index contributed by atoms with van der Waals surface area (Å²) in [6, 6.07) is 12.8. The average molecular weight is 565 g/mol. The molecule has 0 bridgehead atoms. The molecule has 0 radical (unpaired) electrons. The van der Waals surface area contributed by atoms with Crippen LogP contribution in [0.5, 0.6) is 5.75 Å². The number of hydrogen-bond donors (Lipinski definition) is 0. The highest BCUT2D eigenvalue weighted by Gasteiger charge is 2.48. The fraction of sp³-hybridized carbons (Fsp3) is 0.310. The van der Waals surface area contributed by atoms with E-state index < -0.39 is 22.6 Å². The number of aromatic nitrogens is 3. The van der Waals surface area contributed by atoms with E-state index in [9.17, 15) is 18.4 Å². The second-order valence-electron chi connectivity index (χ2n) is 9.94. The molecule has 2 aromatic carbocycles. The molecular weight excluding hydrogens is 538 g/mol. The van der Waals surface area contributed by atoms with Crippen molar-refractivity contribution >= 4 is 17.2 Å². The Labute approximate surface area is 232 Å². The van der Waals surface area contributed by atoms with Gasteiger partial charge in [-0.1, -0.05) is 47.7 Å². The SMILES string of the molecule is CCN1C(=O)c2c(OCc3ccccc3)c(=O)c(-c3nnc(Cc4ccc(F)cc4F)s3)cn2CC12CCOC2. The molecule has 2 aliphatic rings. The van der Waals surface area contributed by atoms with Gasteiger partial charge in [-0.3, -0.25) is 9.59 Å². The largest absolute Gasteiger partial charge is 0.483 e. The Morgan fingerprint density at radius 3 is 2.67 bits per heavy atom. The first-order valence-electron chi connectivity index (χ1n) is 13.0. The van der Waals surface area contributed by atoms with Crippen molar-refractivity contribution in [2.24, 2.45) is 0 Å². The first-order valence-corrected chi connectivity index (χ1v) is 13.8. The number of pyridine rings is 1. The first kappa shape index (κ1) is 26.3. The molecule has 1 saturated heterocycles. The highest BCUT2D eigenvalue weighted by Crippen LogP contribution is 2.37. The molecule has 0 aliphatic carbocycles. The minimum absolute atomic E-state index is 0.0418. The van der Waals surface area contributed by atoms with Gasteiger partial charge in [0, 0.05) is 38.4 Å². The molecule has 1 fully saturated rings. The Hall–Kier alpha value is -3.96. The molecule has 206 valence electrons. The number of benzene rings is 2. The lowest BCUT2D eigenvalue weighted by Crippen LogP contribution is -2.59. The average Bonchev–Trinajstić information content (AvgIpc) is 3.61. The molecule has 2 aromatic heterocycles. The van der Waals surface area contributed by atoms with Gasteiger partial charge in [0.1, 0.15) is 23.2 Å². The number of carbonyl (C=O) groups is 1. The lowest BCUT2D eigenvalue weighted by Gasteiger charge is -2.44. The highest BCUT2D eigenvalue weighted by atomic mass is 32.1. The maximum Gasteiger partial charge on any atom is 0.275 e. The summed E-state index contributed by atoms with van der Waals surface area (Å²) in [6.45, 7) is 3.87. The van der Waals surface area contributed by atoms with Gasteiger partial charge >= 0.3 is 0 Å². The third-order valence-corrected chi connectivity index (χ3v) is 8.36. The van der Waals surface area contributed by atoms with Crippen LogP contribution in [0, 0.1) is 11.6 Å². The first-order chi connectivity index (χ1) is 19.4. The predicted octanol–water partition coefficient (Wildman–Crippen LogP) is 4.45. The highest BCUT2D eigenvalue weighted by molar-refractivity contribution is 7.14. The summed E-state index contributed by atoms with van der Waals surface area (Å²) in [5.74, 6) is -1.66. The molecular formula is C29H26F2N4O4S. The zero-order chi connectivity index (χ0) is 27.9. The number of rotatable bonds is 7. The zero-order valence-corrected chi connectivity index (χ0v) is 22.5. The number of fused-ring (bicyclic) bond motifs is 1. The molecule has 6 rings (SSSR count). The Morgan fingerprint density at radius 1 is 1.12 bits per heavy atom. The van der Waals surface area contributed by atoms with Crippen LogP contribution in [0.15, 0.2) is 59.5 Å². The summed E-state index contributed by atoms with van der Waals surface area (Å²) in [4.78, 5) is 29.5. The van der Waals surface area contributed by atoms with E-state index in [0.29, 0.717) is 42.7 Å². The number of carbonyl (C=O) groups excluding carboxylic acids is 1. The van der Waals surface area contributed by atoms with Crippen LogP contribution in [0.2, 0.25) is 0 Å². The van der Waals surface area contributed by atoms with Crippen LogP contribution < -0.4 is 10.2 Å². The molecule has 8 nitrogen and oxygen atoms in total. The number of likely N-dealkylation sites (N-methyl/N-ethyl adjacent to an activating group) is 1. The summed E-state index contributed by atoms with van der Waals surface area (Å²) in [5.41, 5.74) is 0.562. The predicted molar refractivity (Wildman–Crippen MR) is 144 cm³/mol. The van der Waals surface area contributed by atoms with Crippen molar-refractivity contribution < 1.29 is 23.0 Å². The van der Waals surface area contributed by atoms with Gasteiger partial charge in [0.2, 0.25) is 5.43 Å². The molecule has 11 heteroatoms. The van der Waals surface area contributed by atoms with Crippen molar-refractivity contribution in [2.45, 2.75) is 38.5 Å². The van der Waals surface area contributed by atoms with Gasteiger partial charge in [-0.2, -0.15) is 0 Å². The van der Waals surface area contributed by atoms with Gasteiger partial charge in [0.25, 0.3) is 5.91 Å². The maximum atomic E-state index is 14.2. The fourth-order valence-corrected chi connectivity index (χ4v) is 6.29. The summed E-state index contributed by atoms with van der Waals surface area (Å²) >= 11 is 1.14. The van der Waals surface area contributed by atoms with Crippen LogP contribution in [0.1, 0.15) is 40.0 Å². The number of ether oxygens (including phenoxy) is 2. The van der Waals surface area contributed by atoms with E-state index in [1.807, 2.05) is 37.3 Å². The van der Waals surface area contributed by atoms with Crippen LogP contribution in [0.3, 0.4) is 0 Å². The standard InChI is InChI=1S/C29H26F2N4O4S/c1-2-35-28(37)24-26(39-15-18-6-4-3-5-7-18)25(36)21(14-34(24)16-29(35)10-11-38-17-29)27-33-32-23(40-27)12-19-8-9-20(30)13-22(19)31/h3-9,13-14H,2,10-12,15-17H2,1H3.